The highest BCUT2D eigenvalue weighted by Crippen LogP contribution is 2.36. The number of methoxy groups -OCH3 is 1. The molecule has 1 atom stereocenters. The van der Waals surface area contributed by atoms with Crippen molar-refractivity contribution >= 4 is 34.2 Å². The molecule has 1 aliphatic rings. The fourth-order valence-electron chi connectivity index (χ4n) is 5.15. The lowest BCUT2D eigenvalue weighted by atomic mass is 9.95. The van der Waals surface area contributed by atoms with E-state index in [1.807, 2.05) is 69.3 Å². The summed E-state index contributed by atoms with van der Waals surface area (Å²) >= 11 is 1.27. The molecule has 9 heteroatoms. The highest BCUT2D eigenvalue weighted by Gasteiger charge is 2.34. The van der Waals surface area contributed by atoms with Gasteiger partial charge in [-0.1, -0.05) is 47.7 Å². The third-order valence-corrected chi connectivity index (χ3v) is 7.87. The van der Waals surface area contributed by atoms with E-state index in [-0.39, 0.29) is 18.3 Å². The highest BCUT2D eigenvalue weighted by molar-refractivity contribution is 7.07. The van der Waals surface area contributed by atoms with E-state index in [1.165, 1.54) is 11.3 Å². The number of hydrogen-bond donors (Lipinski definition) is 0. The monoisotopic (exact) mass is 586 g/mol. The summed E-state index contributed by atoms with van der Waals surface area (Å²) in [6.45, 7) is 9.99. The summed E-state index contributed by atoms with van der Waals surface area (Å²) in [5.74, 6) is 1.24. The maximum Gasteiger partial charge on any atom is 0.338 e. The summed E-state index contributed by atoms with van der Waals surface area (Å²) in [5.41, 5.74) is 2.02. The van der Waals surface area contributed by atoms with E-state index < -0.39 is 12.0 Å². The molecule has 1 aliphatic heterocycles. The summed E-state index contributed by atoms with van der Waals surface area (Å²) in [6.07, 6.45) is 1.80. The molecule has 5 rings (SSSR count). The van der Waals surface area contributed by atoms with Crippen LogP contribution in [0.15, 0.2) is 75.7 Å². The second-order valence-electron chi connectivity index (χ2n) is 10.0. The molecule has 2 heterocycles. The summed E-state index contributed by atoms with van der Waals surface area (Å²) in [5, 5.41) is 2.01. The van der Waals surface area contributed by atoms with Gasteiger partial charge in [-0.2, -0.15) is 0 Å². The normalized spacial score (nSPS) is 15.0. The molecule has 0 saturated heterocycles. The molecule has 0 aliphatic carbocycles. The molecule has 0 fully saturated rings. The zero-order valence-electron chi connectivity index (χ0n) is 24.6. The summed E-state index contributed by atoms with van der Waals surface area (Å²) in [6, 6.07) is 16.6. The molecule has 0 spiro atoms. The van der Waals surface area contributed by atoms with Gasteiger partial charge in [-0.25, -0.2) is 9.79 Å². The topological polar surface area (TPSA) is 88.4 Å². The van der Waals surface area contributed by atoms with Gasteiger partial charge in [0.05, 0.1) is 48.3 Å². The van der Waals surface area contributed by atoms with Crippen molar-refractivity contribution in [3.8, 4) is 17.2 Å². The zero-order valence-corrected chi connectivity index (χ0v) is 25.4. The van der Waals surface area contributed by atoms with Crippen molar-refractivity contribution in [3.05, 3.63) is 96.7 Å². The molecule has 0 bridgehead atoms. The number of aromatic nitrogens is 1. The van der Waals surface area contributed by atoms with Crippen LogP contribution in [0.1, 0.15) is 51.8 Å². The van der Waals surface area contributed by atoms with Crippen molar-refractivity contribution in [3.63, 3.8) is 0 Å². The molecule has 218 valence electrons. The quantitative estimate of drug-likeness (QED) is 0.252. The first kappa shape index (κ1) is 29.1. The second-order valence-corrected chi connectivity index (χ2v) is 11.0. The van der Waals surface area contributed by atoms with E-state index in [1.54, 1.807) is 37.7 Å². The van der Waals surface area contributed by atoms with Crippen LogP contribution in [-0.4, -0.2) is 37.0 Å². The van der Waals surface area contributed by atoms with Crippen molar-refractivity contribution < 1.29 is 23.7 Å². The Kier molecular flexibility index (Phi) is 8.49. The lowest BCUT2D eigenvalue weighted by molar-refractivity contribution is -0.139. The minimum absolute atomic E-state index is 0.0599. The van der Waals surface area contributed by atoms with E-state index >= 15 is 0 Å². The van der Waals surface area contributed by atoms with E-state index in [2.05, 4.69) is 0 Å². The van der Waals surface area contributed by atoms with Gasteiger partial charge < -0.3 is 18.9 Å². The number of fused-ring (bicyclic) bond motifs is 2. The van der Waals surface area contributed by atoms with Crippen LogP contribution < -0.4 is 29.1 Å². The van der Waals surface area contributed by atoms with Gasteiger partial charge in [0.1, 0.15) is 5.75 Å². The zero-order chi connectivity index (χ0) is 30.0. The third kappa shape index (κ3) is 5.44. The minimum atomic E-state index is -0.775. The predicted octanol–water partition coefficient (Wildman–Crippen LogP) is 5.15. The first-order valence-electron chi connectivity index (χ1n) is 14.0. The lowest BCUT2D eigenvalue weighted by Gasteiger charge is -2.25. The lowest BCUT2D eigenvalue weighted by Crippen LogP contribution is -2.40. The van der Waals surface area contributed by atoms with Crippen LogP contribution in [0, 0.1) is 0 Å². The molecule has 0 saturated carbocycles. The Hall–Kier alpha value is -4.37. The van der Waals surface area contributed by atoms with Crippen LogP contribution in [0.3, 0.4) is 0 Å². The molecule has 8 nitrogen and oxygen atoms in total. The number of thiazole rings is 1. The number of allylic oxidation sites excluding steroid dienone is 1. The number of rotatable bonds is 9. The van der Waals surface area contributed by atoms with E-state index in [4.69, 9.17) is 23.9 Å². The second kappa shape index (κ2) is 12.2. The summed E-state index contributed by atoms with van der Waals surface area (Å²) in [7, 11) is 1.56. The van der Waals surface area contributed by atoms with Gasteiger partial charge in [-0.15, -0.1) is 0 Å². The van der Waals surface area contributed by atoms with Crippen molar-refractivity contribution in [2.24, 2.45) is 4.99 Å². The molecule has 1 unspecified atom stereocenters. The first-order chi connectivity index (χ1) is 20.3. The standard InChI is InChI=1S/C33H34N2O6S/c1-7-39-25-15-13-21-11-9-10-12-23(21)24(25)18-28-31(36)35-30(22-14-16-26(41-19(3)4)27(17-22)38-6)29(32(37)40-8-2)20(5)34-33(35)42-28/h9-19,30H,7-8H2,1-6H3. The Morgan fingerprint density at radius 2 is 1.81 bits per heavy atom. The Bertz CT molecular complexity index is 1870. The maximum atomic E-state index is 14.2. The van der Waals surface area contributed by atoms with E-state index in [0.29, 0.717) is 50.0 Å². The van der Waals surface area contributed by atoms with Crippen LogP contribution in [0.25, 0.3) is 16.8 Å². The van der Waals surface area contributed by atoms with Crippen LogP contribution in [0.4, 0.5) is 0 Å². The number of hydrogen-bond acceptors (Lipinski definition) is 8. The molecule has 4 aromatic rings. The third-order valence-electron chi connectivity index (χ3n) is 6.89. The molecule has 0 radical (unpaired) electrons. The number of ether oxygens (including phenoxy) is 4. The van der Waals surface area contributed by atoms with Gasteiger partial charge >= 0.3 is 5.97 Å². The van der Waals surface area contributed by atoms with Crippen LogP contribution in [0.2, 0.25) is 0 Å². The molecule has 3 aromatic carbocycles. The molecule has 0 amide bonds. The molecule has 42 heavy (non-hydrogen) atoms. The van der Waals surface area contributed by atoms with Gasteiger partial charge in [-0.3, -0.25) is 9.36 Å². The highest BCUT2D eigenvalue weighted by atomic mass is 32.1. The van der Waals surface area contributed by atoms with Gasteiger partial charge in [0.2, 0.25) is 0 Å². The van der Waals surface area contributed by atoms with Crippen molar-refractivity contribution in [2.75, 3.05) is 20.3 Å². The van der Waals surface area contributed by atoms with E-state index in [9.17, 15) is 9.59 Å². The first-order valence-corrected chi connectivity index (χ1v) is 14.8. The summed E-state index contributed by atoms with van der Waals surface area (Å²) in [4.78, 5) is 32.7. The van der Waals surface area contributed by atoms with Gasteiger partial charge in [-0.05, 0) is 75.2 Å². The van der Waals surface area contributed by atoms with Crippen LogP contribution >= 0.6 is 11.3 Å². The SMILES string of the molecule is CCOC(=O)C1=C(C)N=c2sc(=Cc3c(OCC)ccc4ccccc34)c(=O)n2C1c1ccc(OC(C)C)c(OC)c1. The Labute approximate surface area is 248 Å². The van der Waals surface area contributed by atoms with E-state index in [0.717, 1.165) is 16.3 Å². The number of carbonyl (C=O) groups is 1. The number of esters is 1. The Balaban J connectivity index is 1.76. The van der Waals surface area contributed by atoms with Gasteiger partial charge in [0.25, 0.3) is 5.56 Å². The number of nitrogens with zero attached hydrogens (tertiary/aromatic N) is 2. The molecule has 0 N–H and O–H groups in total. The molecular formula is C33H34N2O6S. The minimum Gasteiger partial charge on any atom is -0.493 e. The van der Waals surface area contributed by atoms with Crippen LogP contribution in [0.5, 0.6) is 17.2 Å². The van der Waals surface area contributed by atoms with Crippen molar-refractivity contribution in [2.45, 2.75) is 46.8 Å². The molecule has 1 aromatic heterocycles. The number of benzene rings is 3. The maximum absolute atomic E-state index is 14.2. The summed E-state index contributed by atoms with van der Waals surface area (Å²) < 4.78 is 25.0. The number of carbonyl (C=O) groups excluding carboxylic acids is 1. The van der Waals surface area contributed by atoms with Gasteiger partial charge in [0, 0.05) is 5.56 Å². The Morgan fingerprint density at radius 1 is 1.05 bits per heavy atom. The predicted molar refractivity (Wildman–Crippen MR) is 164 cm³/mol. The largest absolute Gasteiger partial charge is 0.493 e. The fraction of sp³-hybridized carbons (Fsp3) is 0.303. The van der Waals surface area contributed by atoms with Gasteiger partial charge in [0.15, 0.2) is 16.3 Å². The average Bonchev–Trinajstić information content (AvgIpc) is 3.27. The average molecular weight is 587 g/mol. The Morgan fingerprint density at radius 3 is 2.52 bits per heavy atom. The van der Waals surface area contributed by atoms with Crippen LogP contribution in [-0.2, 0) is 9.53 Å². The van der Waals surface area contributed by atoms with Crippen molar-refractivity contribution in [1.82, 2.24) is 4.57 Å². The molecular weight excluding hydrogens is 552 g/mol. The fourth-order valence-corrected chi connectivity index (χ4v) is 6.18. The smallest absolute Gasteiger partial charge is 0.338 e. The van der Waals surface area contributed by atoms with Crippen molar-refractivity contribution in [1.29, 1.82) is 0 Å².